The van der Waals surface area contributed by atoms with Gasteiger partial charge in [-0.05, 0) is 58.8 Å². The average molecular weight is 420 g/mol. The van der Waals surface area contributed by atoms with Crippen molar-refractivity contribution in [1.29, 1.82) is 0 Å². The predicted octanol–water partition coefficient (Wildman–Crippen LogP) is 4.68. The van der Waals surface area contributed by atoms with Crippen molar-refractivity contribution in [3.05, 3.63) is 64.7 Å². The SMILES string of the molecule is C=C(C)COc1ccccc1NC(=O)c1ccc(OCCOC)c(Br)c1. The van der Waals surface area contributed by atoms with Gasteiger partial charge in [-0.3, -0.25) is 4.79 Å². The number of carbonyl (C=O) groups is 1. The van der Waals surface area contributed by atoms with E-state index in [1.807, 2.05) is 19.1 Å². The highest BCUT2D eigenvalue weighted by Gasteiger charge is 2.12. The van der Waals surface area contributed by atoms with Gasteiger partial charge in [0.25, 0.3) is 5.91 Å². The number of ether oxygens (including phenoxy) is 3. The standard InChI is InChI=1S/C20H22BrNO4/c1-14(2)13-26-19-7-5-4-6-17(19)22-20(23)15-8-9-18(16(21)12-15)25-11-10-24-3/h4-9,12H,1,10-11,13H2,2-3H3,(H,22,23). The van der Waals surface area contributed by atoms with E-state index in [4.69, 9.17) is 14.2 Å². The molecule has 0 fully saturated rings. The second kappa shape index (κ2) is 9.99. The zero-order chi connectivity index (χ0) is 18.9. The van der Waals surface area contributed by atoms with E-state index in [0.29, 0.717) is 47.0 Å². The van der Waals surface area contributed by atoms with Gasteiger partial charge in [-0.15, -0.1) is 0 Å². The predicted molar refractivity (Wildman–Crippen MR) is 106 cm³/mol. The number of nitrogens with one attached hydrogen (secondary N) is 1. The van der Waals surface area contributed by atoms with E-state index in [1.54, 1.807) is 37.4 Å². The van der Waals surface area contributed by atoms with Crippen LogP contribution < -0.4 is 14.8 Å². The van der Waals surface area contributed by atoms with Crippen molar-refractivity contribution in [3.63, 3.8) is 0 Å². The molecule has 0 aromatic heterocycles. The number of carbonyl (C=O) groups excluding carboxylic acids is 1. The molecule has 0 atom stereocenters. The van der Waals surface area contributed by atoms with Crippen LogP contribution in [0.1, 0.15) is 17.3 Å². The Morgan fingerprint density at radius 3 is 2.58 bits per heavy atom. The number of hydrogen-bond acceptors (Lipinski definition) is 4. The van der Waals surface area contributed by atoms with Crippen LogP contribution in [0.5, 0.6) is 11.5 Å². The van der Waals surface area contributed by atoms with Gasteiger partial charge in [-0.2, -0.15) is 0 Å². The third-order valence-corrected chi connectivity index (χ3v) is 3.97. The number of anilines is 1. The van der Waals surface area contributed by atoms with Crippen molar-refractivity contribution in [1.82, 2.24) is 0 Å². The number of hydrogen-bond donors (Lipinski definition) is 1. The van der Waals surface area contributed by atoms with Gasteiger partial charge in [0.05, 0.1) is 16.8 Å². The first kappa shape index (κ1) is 20.0. The first-order valence-electron chi connectivity index (χ1n) is 8.10. The van der Waals surface area contributed by atoms with E-state index >= 15 is 0 Å². The van der Waals surface area contributed by atoms with Crippen LogP contribution in [0.3, 0.4) is 0 Å². The molecule has 1 N–H and O–H groups in total. The fraction of sp³-hybridized carbons (Fsp3) is 0.250. The molecule has 138 valence electrons. The highest BCUT2D eigenvalue weighted by Crippen LogP contribution is 2.28. The molecule has 5 nitrogen and oxygen atoms in total. The van der Waals surface area contributed by atoms with Crippen molar-refractivity contribution >= 4 is 27.5 Å². The summed E-state index contributed by atoms with van der Waals surface area (Å²) in [6.07, 6.45) is 0. The molecule has 2 aromatic rings. The second-order valence-corrected chi connectivity index (χ2v) is 6.54. The Kier molecular flexibility index (Phi) is 7.69. The van der Waals surface area contributed by atoms with Crippen LogP contribution in [0, 0.1) is 0 Å². The zero-order valence-electron chi connectivity index (χ0n) is 14.9. The lowest BCUT2D eigenvalue weighted by Crippen LogP contribution is -2.13. The zero-order valence-corrected chi connectivity index (χ0v) is 16.5. The Hall–Kier alpha value is -2.31. The number of halogens is 1. The molecule has 0 aliphatic heterocycles. The lowest BCUT2D eigenvalue weighted by molar-refractivity contribution is 0.102. The Balaban J connectivity index is 2.08. The molecule has 2 aromatic carbocycles. The highest BCUT2D eigenvalue weighted by atomic mass is 79.9. The maximum absolute atomic E-state index is 12.6. The van der Waals surface area contributed by atoms with Crippen LogP contribution in [0.15, 0.2) is 59.1 Å². The van der Waals surface area contributed by atoms with Gasteiger partial charge in [0.2, 0.25) is 0 Å². The molecule has 0 unspecified atom stereocenters. The molecule has 0 bridgehead atoms. The molecule has 0 saturated carbocycles. The third kappa shape index (κ3) is 5.89. The van der Waals surface area contributed by atoms with Crippen LogP contribution in [-0.2, 0) is 4.74 Å². The first-order valence-corrected chi connectivity index (χ1v) is 8.89. The van der Waals surface area contributed by atoms with E-state index in [0.717, 1.165) is 5.57 Å². The van der Waals surface area contributed by atoms with Gasteiger partial charge in [0.1, 0.15) is 24.7 Å². The Bertz CT molecular complexity index is 776. The number of methoxy groups -OCH3 is 1. The van der Waals surface area contributed by atoms with Crippen molar-refractivity contribution in [2.45, 2.75) is 6.92 Å². The highest BCUT2D eigenvalue weighted by molar-refractivity contribution is 9.10. The Morgan fingerprint density at radius 2 is 1.88 bits per heavy atom. The molecular weight excluding hydrogens is 398 g/mol. The second-order valence-electron chi connectivity index (χ2n) is 5.68. The summed E-state index contributed by atoms with van der Waals surface area (Å²) in [6.45, 7) is 7.03. The van der Waals surface area contributed by atoms with E-state index in [9.17, 15) is 4.79 Å². The molecule has 0 saturated heterocycles. The lowest BCUT2D eigenvalue weighted by Gasteiger charge is -2.13. The minimum absolute atomic E-state index is 0.236. The summed E-state index contributed by atoms with van der Waals surface area (Å²) in [5.41, 5.74) is 2.01. The minimum atomic E-state index is -0.236. The first-order chi connectivity index (χ1) is 12.5. The molecule has 0 aliphatic carbocycles. The quantitative estimate of drug-likeness (QED) is 0.473. The maximum atomic E-state index is 12.6. The smallest absolute Gasteiger partial charge is 0.255 e. The molecule has 0 heterocycles. The summed E-state index contributed by atoms with van der Waals surface area (Å²) in [7, 11) is 1.61. The molecule has 0 aliphatic rings. The van der Waals surface area contributed by atoms with Gasteiger partial charge >= 0.3 is 0 Å². The summed E-state index contributed by atoms with van der Waals surface area (Å²) in [5, 5.41) is 2.87. The number of rotatable bonds is 9. The summed E-state index contributed by atoms with van der Waals surface area (Å²) in [5.74, 6) is 1.02. The molecular formula is C20H22BrNO4. The third-order valence-electron chi connectivity index (χ3n) is 3.35. The topological polar surface area (TPSA) is 56.8 Å². The van der Waals surface area contributed by atoms with Crippen LogP contribution in [0.4, 0.5) is 5.69 Å². The van der Waals surface area contributed by atoms with Crippen molar-refractivity contribution in [2.24, 2.45) is 0 Å². The fourth-order valence-electron chi connectivity index (χ4n) is 2.09. The summed E-state index contributed by atoms with van der Waals surface area (Å²) >= 11 is 3.43. The molecule has 2 rings (SSSR count). The lowest BCUT2D eigenvalue weighted by atomic mass is 10.2. The molecule has 6 heteroatoms. The summed E-state index contributed by atoms with van der Waals surface area (Å²) in [4.78, 5) is 12.6. The van der Waals surface area contributed by atoms with Gasteiger partial charge in [-0.25, -0.2) is 0 Å². The van der Waals surface area contributed by atoms with E-state index < -0.39 is 0 Å². The maximum Gasteiger partial charge on any atom is 0.255 e. The fourth-order valence-corrected chi connectivity index (χ4v) is 2.58. The van der Waals surface area contributed by atoms with Gasteiger partial charge < -0.3 is 19.5 Å². The van der Waals surface area contributed by atoms with E-state index in [1.165, 1.54) is 0 Å². The van der Waals surface area contributed by atoms with E-state index in [-0.39, 0.29) is 5.91 Å². The molecule has 1 amide bonds. The van der Waals surface area contributed by atoms with Crippen molar-refractivity contribution < 1.29 is 19.0 Å². The van der Waals surface area contributed by atoms with Gasteiger partial charge in [0, 0.05) is 12.7 Å². The number of para-hydroxylation sites is 2. The van der Waals surface area contributed by atoms with Gasteiger partial charge in [0.15, 0.2) is 0 Å². The molecule has 0 spiro atoms. The largest absolute Gasteiger partial charge is 0.490 e. The van der Waals surface area contributed by atoms with Crippen LogP contribution in [0.2, 0.25) is 0 Å². The minimum Gasteiger partial charge on any atom is -0.490 e. The van der Waals surface area contributed by atoms with Crippen molar-refractivity contribution in [3.8, 4) is 11.5 Å². The Morgan fingerprint density at radius 1 is 1.12 bits per heavy atom. The Labute approximate surface area is 162 Å². The number of amides is 1. The van der Waals surface area contributed by atoms with Crippen LogP contribution >= 0.6 is 15.9 Å². The normalized spacial score (nSPS) is 10.3. The van der Waals surface area contributed by atoms with E-state index in [2.05, 4.69) is 27.8 Å². The average Bonchev–Trinajstić information content (AvgIpc) is 2.62. The summed E-state index contributed by atoms with van der Waals surface area (Å²) < 4.78 is 16.9. The molecule has 0 radical (unpaired) electrons. The van der Waals surface area contributed by atoms with Crippen molar-refractivity contribution in [2.75, 3.05) is 32.2 Å². The van der Waals surface area contributed by atoms with Crippen LogP contribution in [-0.4, -0.2) is 32.8 Å². The van der Waals surface area contributed by atoms with Gasteiger partial charge in [-0.1, -0.05) is 18.7 Å². The number of benzene rings is 2. The molecule has 26 heavy (non-hydrogen) atoms. The summed E-state index contributed by atoms with van der Waals surface area (Å²) in [6, 6.07) is 12.5. The van der Waals surface area contributed by atoms with Crippen LogP contribution in [0.25, 0.3) is 0 Å². The monoisotopic (exact) mass is 419 g/mol.